The number of fused-ring (bicyclic) bond motifs is 3. The lowest BCUT2D eigenvalue weighted by Crippen LogP contribution is -1.84. The van der Waals surface area contributed by atoms with E-state index in [0.717, 1.165) is 9.99 Å². The van der Waals surface area contributed by atoms with E-state index in [0.29, 0.717) is 0 Å². The average molecular weight is 398 g/mol. The van der Waals surface area contributed by atoms with E-state index >= 15 is 0 Å². The van der Waals surface area contributed by atoms with Crippen LogP contribution in [0.4, 0.5) is 0 Å². The van der Waals surface area contributed by atoms with Crippen molar-refractivity contribution < 1.29 is 0 Å². The Kier molecular flexibility index (Phi) is 3.65. The largest absolute Gasteiger partial charge is 0.354 e. The van der Waals surface area contributed by atoms with Gasteiger partial charge in [0, 0.05) is 26.3 Å². The van der Waals surface area contributed by atoms with E-state index in [-0.39, 0.29) is 0 Å². The number of para-hydroxylation sites is 1. The van der Waals surface area contributed by atoms with E-state index in [4.69, 9.17) is 0 Å². The number of rotatable bonds is 2. The molecule has 0 unspecified atom stereocenters. The molecule has 0 aliphatic carbocycles. The van der Waals surface area contributed by atoms with Crippen LogP contribution in [0.3, 0.4) is 0 Å². The number of hydrogen-bond donors (Lipinski definition) is 1. The predicted molar refractivity (Wildman–Crippen MR) is 114 cm³/mol. The Labute approximate surface area is 160 Å². The lowest BCUT2D eigenvalue weighted by atomic mass is 9.97. The summed E-state index contributed by atoms with van der Waals surface area (Å²) in [6.45, 7) is 0. The minimum absolute atomic E-state index is 1.12. The molecule has 0 amide bonds. The summed E-state index contributed by atoms with van der Waals surface area (Å²) < 4.78 is 1.12. The summed E-state index contributed by atoms with van der Waals surface area (Å²) >= 11 is 3.74. The van der Waals surface area contributed by atoms with Gasteiger partial charge in [0.05, 0.1) is 5.52 Å². The Morgan fingerprint density at radius 2 is 1.35 bits per heavy atom. The van der Waals surface area contributed by atoms with E-state index in [9.17, 15) is 0 Å². The maximum absolute atomic E-state index is 3.74. The van der Waals surface area contributed by atoms with E-state index in [1.807, 2.05) is 0 Å². The highest BCUT2D eigenvalue weighted by Gasteiger charge is 2.12. The predicted octanol–water partition coefficient (Wildman–Crippen LogP) is 7.42. The van der Waals surface area contributed by atoms with Crippen LogP contribution in [-0.4, -0.2) is 4.98 Å². The molecule has 2 heteroatoms. The monoisotopic (exact) mass is 397 g/mol. The molecule has 1 N–H and O–H groups in total. The molecule has 0 radical (unpaired) electrons. The highest BCUT2D eigenvalue weighted by Crippen LogP contribution is 2.38. The van der Waals surface area contributed by atoms with Crippen LogP contribution < -0.4 is 0 Å². The van der Waals surface area contributed by atoms with E-state index in [2.05, 4.69) is 112 Å². The Hall–Kier alpha value is -2.84. The first-order valence-electron chi connectivity index (χ1n) is 8.66. The molecule has 0 aliphatic rings. The van der Waals surface area contributed by atoms with Gasteiger partial charge in [0.2, 0.25) is 0 Å². The number of aromatic amines is 1. The number of H-pyrrole nitrogens is 1. The van der Waals surface area contributed by atoms with Crippen LogP contribution >= 0.6 is 15.9 Å². The molecule has 0 fully saturated rings. The Bertz CT molecular complexity index is 1240. The van der Waals surface area contributed by atoms with Gasteiger partial charge in [-0.1, -0.05) is 88.7 Å². The molecule has 0 spiro atoms. The van der Waals surface area contributed by atoms with Crippen LogP contribution in [0.5, 0.6) is 0 Å². The number of benzene rings is 4. The molecule has 0 saturated heterocycles. The SMILES string of the molecule is Brc1ccc(-c2cccc(-c3ccccc3)c2)c2[nH]c3ccccc3c12. The normalized spacial score (nSPS) is 11.3. The molecule has 0 aliphatic heterocycles. The van der Waals surface area contributed by atoms with Gasteiger partial charge in [0.1, 0.15) is 0 Å². The van der Waals surface area contributed by atoms with Crippen molar-refractivity contribution in [3.8, 4) is 22.3 Å². The van der Waals surface area contributed by atoms with Crippen LogP contribution in [-0.2, 0) is 0 Å². The Morgan fingerprint density at radius 3 is 2.23 bits per heavy atom. The van der Waals surface area contributed by atoms with Crippen molar-refractivity contribution in [1.82, 2.24) is 4.98 Å². The van der Waals surface area contributed by atoms with Crippen molar-refractivity contribution in [3.05, 3.63) is 95.5 Å². The van der Waals surface area contributed by atoms with Crippen LogP contribution in [0.2, 0.25) is 0 Å². The summed E-state index contributed by atoms with van der Waals surface area (Å²) in [6.07, 6.45) is 0. The summed E-state index contributed by atoms with van der Waals surface area (Å²) in [4.78, 5) is 3.62. The van der Waals surface area contributed by atoms with Crippen LogP contribution in [0.1, 0.15) is 0 Å². The zero-order valence-electron chi connectivity index (χ0n) is 14.0. The topological polar surface area (TPSA) is 15.8 Å². The van der Waals surface area contributed by atoms with Crippen molar-refractivity contribution in [2.75, 3.05) is 0 Å². The lowest BCUT2D eigenvalue weighted by molar-refractivity contribution is 1.53. The van der Waals surface area contributed by atoms with Crippen molar-refractivity contribution in [2.24, 2.45) is 0 Å². The second-order valence-corrected chi connectivity index (χ2v) is 7.32. The van der Waals surface area contributed by atoms with Gasteiger partial charge in [0.15, 0.2) is 0 Å². The molecule has 0 atom stereocenters. The molecule has 5 aromatic rings. The Balaban J connectivity index is 1.77. The van der Waals surface area contributed by atoms with Crippen molar-refractivity contribution in [1.29, 1.82) is 0 Å². The smallest absolute Gasteiger partial charge is 0.0556 e. The second-order valence-electron chi connectivity index (χ2n) is 6.46. The number of hydrogen-bond acceptors (Lipinski definition) is 0. The van der Waals surface area contributed by atoms with Gasteiger partial charge in [-0.2, -0.15) is 0 Å². The zero-order chi connectivity index (χ0) is 17.5. The third-order valence-corrected chi connectivity index (χ3v) is 5.55. The number of aromatic nitrogens is 1. The summed E-state index contributed by atoms with van der Waals surface area (Å²) in [5.41, 5.74) is 7.24. The van der Waals surface area contributed by atoms with Gasteiger partial charge in [0.25, 0.3) is 0 Å². The first-order chi connectivity index (χ1) is 12.8. The molecule has 4 aromatic carbocycles. The number of halogens is 1. The standard InChI is InChI=1S/C24H16BrN/c25-21-14-13-19(24-23(21)20-11-4-5-12-22(20)26-24)18-10-6-9-17(15-18)16-7-2-1-3-8-16/h1-15,26H. The molecule has 1 aromatic heterocycles. The van der Waals surface area contributed by atoms with Crippen molar-refractivity contribution >= 4 is 37.7 Å². The van der Waals surface area contributed by atoms with Crippen molar-refractivity contribution in [2.45, 2.75) is 0 Å². The molecular weight excluding hydrogens is 382 g/mol. The molecule has 1 heterocycles. The maximum Gasteiger partial charge on any atom is 0.0556 e. The van der Waals surface area contributed by atoms with Crippen LogP contribution in [0.25, 0.3) is 44.1 Å². The first-order valence-corrected chi connectivity index (χ1v) is 9.45. The van der Waals surface area contributed by atoms with Gasteiger partial charge in [-0.25, -0.2) is 0 Å². The van der Waals surface area contributed by atoms with Gasteiger partial charge in [-0.05, 0) is 34.9 Å². The third-order valence-electron chi connectivity index (χ3n) is 4.89. The summed E-state index contributed by atoms with van der Waals surface area (Å²) in [7, 11) is 0. The average Bonchev–Trinajstić information content (AvgIpc) is 3.09. The van der Waals surface area contributed by atoms with Gasteiger partial charge >= 0.3 is 0 Å². The third kappa shape index (κ3) is 2.46. The molecule has 0 bridgehead atoms. The fourth-order valence-electron chi connectivity index (χ4n) is 3.65. The van der Waals surface area contributed by atoms with E-state index in [1.54, 1.807) is 0 Å². The van der Waals surface area contributed by atoms with Gasteiger partial charge < -0.3 is 4.98 Å². The van der Waals surface area contributed by atoms with E-state index < -0.39 is 0 Å². The molecule has 5 rings (SSSR count). The molecular formula is C24H16BrN. The molecule has 0 saturated carbocycles. The minimum Gasteiger partial charge on any atom is -0.354 e. The summed E-state index contributed by atoms with van der Waals surface area (Å²) in [5, 5.41) is 2.48. The quantitative estimate of drug-likeness (QED) is 0.319. The fraction of sp³-hybridized carbons (Fsp3) is 0. The summed E-state index contributed by atoms with van der Waals surface area (Å²) in [5.74, 6) is 0. The van der Waals surface area contributed by atoms with E-state index in [1.165, 1.54) is 38.5 Å². The maximum atomic E-state index is 3.74. The van der Waals surface area contributed by atoms with Crippen molar-refractivity contribution in [3.63, 3.8) is 0 Å². The van der Waals surface area contributed by atoms with Gasteiger partial charge in [-0.15, -0.1) is 0 Å². The first kappa shape index (κ1) is 15.4. The van der Waals surface area contributed by atoms with Crippen LogP contribution in [0.15, 0.2) is 95.5 Å². The highest BCUT2D eigenvalue weighted by atomic mass is 79.9. The van der Waals surface area contributed by atoms with Gasteiger partial charge in [-0.3, -0.25) is 0 Å². The summed E-state index contributed by atoms with van der Waals surface area (Å²) in [6, 6.07) is 32.1. The Morgan fingerprint density at radius 1 is 0.615 bits per heavy atom. The molecule has 124 valence electrons. The lowest BCUT2D eigenvalue weighted by Gasteiger charge is -2.08. The molecule has 26 heavy (non-hydrogen) atoms. The minimum atomic E-state index is 1.12. The fourth-order valence-corrected chi connectivity index (χ4v) is 4.20. The second kappa shape index (κ2) is 6.15. The highest BCUT2D eigenvalue weighted by molar-refractivity contribution is 9.10. The molecule has 1 nitrogen and oxygen atoms in total. The zero-order valence-corrected chi connectivity index (χ0v) is 15.6. The number of nitrogens with one attached hydrogen (secondary N) is 1. The van der Waals surface area contributed by atoms with Crippen LogP contribution in [0, 0.1) is 0 Å².